The summed E-state index contributed by atoms with van der Waals surface area (Å²) in [4.78, 5) is 17.1. The first-order valence-electron chi connectivity index (χ1n) is 6.93. The first-order valence-corrected chi connectivity index (χ1v) is 8.51. The number of hydrogen-bond acceptors (Lipinski definition) is 5. The number of aromatic nitrogens is 1. The van der Waals surface area contributed by atoms with Crippen LogP contribution < -0.4 is 11.1 Å². The average Bonchev–Trinajstić information content (AvgIpc) is 2.96. The molecule has 2 aromatic rings. The lowest BCUT2D eigenvalue weighted by Gasteiger charge is -2.11. The monoisotopic (exact) mass is 373 g/mol. The van der Waals surface area contributed by atoms with E-state index in [0.717, 1.165) is 10.4 Å². The van der Waals surface area contributed by atoms with E-state index in [2.05, 4.69) is 10.3 Å². The SMILES string of the molecule is COC(CN)CC(=O)Nc1ncc(Cc2cccc(Cl)c2Cl)s1. The molecule has 8 heteroatoms. The molecule has 0 bridgehead atoms. The van der Waals surface area contributed by atoms with Crippen molar-refractivity contribution in [3.05, 3.63) is 44.9 Å². The number of nitrogens with zero attached hydrogens (tertiary/aromatic N) is 1. The van der Waals surface area contributed by atoms with Crippen LogP contribution in [0.25, 0.3) is 0 Å². The van der Waals surface area contributed by atoms with E-state index in [1.165, 1.54) is 18.4 Å². The minimum Gasteiger partial charge on any atom is -0.380 e. The summed E-state index contributed by atoms with van der Waals surface area (Å²) in [6.45, 7) is 0.292. The van der Waals surface area contributed by atoms with E-state index in [9.17, 15) is 4.79 Å². The van der Waals surface area contributed by atoms with Gasteiger partial charge in [-0.2, -0.15) is 0 Å². The molecule has 3 N–H and O–H groups in total. The van der Waals surface area contributed by atoms with Gasteiger partial charge in [0, 0.05) is 31.1 Å². The van der Waals surface area contributed by atoms with Gasteiger partial charge in [-0.3, -0.25) is 4.79 Å². The van der Waals surface area contributed by atoms with Crippen molar-refractivity contribution in [1.29, 1.82) is 0 Å². The molecule has 0 fully saturated rings. The Morgan fingerprint density at radius 2 is 2.26 bits per heavy atom. The number of anilines is 1. The number of benzene rings is 1. The van der Waals surface area contributed by atoms with Gasteiger partial charge in [-0.15, -0.1) is 11.3 Å². The molecule has 1 aromatic heterocycles. The van der Waals surface area contributed by atoms with Gasteiger partial charge in [-0.05, 0) is 11.6 Å². The van der Waals surface area contributed by atoms with Gasteiger partial charge in [0.1, 0.15) is 0 Å². The molecule has 0 aliphatic carbocycles. The van der Waals surface area contributed by atoms with Crippen LogP contribution in [0.5, 0.6) is 0 Å². The number of nitrogens with two attached hydrogens (primary N) is 1. The molecule has 0 spiro atoms. The zero-order valence-corrected chi connectivity index (χ0v) is 14.8. The van der Waals surface area contributed by atoms with Gasteiger partial charge in [0.15, 0.2) is 5.13 Å². The van der Waals surface area contributed by atoms with Gasteiger partial charge in [0.25, 0.3) is 0 Å². The maximum Gasteiger partial charge on any atom is 0.228 e. The second-order valence-corrected chi connectivity index (χ2v) is 6.77. The summed E-state index contributed by atoms with van der Waals surface area (Å²) in [6.07, 6.45) is 2.23. The summed E-state index contributed by atoms with van der Waals surface area (Å²) in [5.41, 5.74) is 6.42. The van der Waals surface area contributed by atoms with Crippen molar-refractivity contribution in [1.82, 2.24) is 4.98 Å². The molecule has 124 valence electrons. The Morgan fingerprint density at radius 3 is 2.96 bits per heavy atom. The maximum atomic E-state index is 11.9. The summed E-state index contributed by atoms with van der Waals surface area (Å²) in [5, 5.41) is 4.35. The summed E-state index contributed by atoms with van der Waals surface area (Å²) in [7, 11) is 1.53. The maximum absolute atomic E-state index is 11.9. The standard InChI is InChI=1S/C15H17Cl2N3O2S/c1-22-10(7-18)6-13(21)20-15-19-8-11(23-15)5-9-3-2-4-12(16)14(9)17/h2-4,8,10H,5-7,18H2,1H3,(H,19,20,21). The smallest absolute Gasteiger partial charge is 0.228 e. The van der Waals surface area contributed by atoms with Crippen LogP contribution in [0, 0.1) is 0 Å². The number of thiazole rings is 1. The second-order valence-electron chi connectivity index (χ2n) is 4.87. The fourth-order valence-electron chi connectivity index (χ4n) is 1.96. The molecule has 23 heavy (non-hydrogen) atoms. The van der Waals surface area contributed by atoms with Gasteiger partial charge in [0.2, 0.25) is 5.91 Å². The first kappa shape index (κ1) is 18.2. The Balaban J connectivity index is 1.98. The number of methoxy groups -OCH3 is 1. The number of halogens is 2. The molecule has 1 heterocycles. The molecule has 2 rings (SSSR count). The normalized spacial score (nSPS) is 12.2. The van der Waals surface area contributed by atoms with Crippen LogP contribution in [0.1, 0.15) is 16.9 Å². The predicted molar refractivity (Wildman–Crippen MR) is 94.5 cm³/mol. The molecule has 0 saturated heterocycles. The molecule has 1 aromatic carbocycles. The predicted octanol–water partition coefficient (Wildman–Crippen LogP) is 3.34. The van der Waals surface area contributed by atoms with E-state index in [1.807, 2.05) is 12.1 Å². The highest BCUT2D eigenvalue weighted by Crippen LogP contribution is 2.29. The van der Waals surface area contributed by atoms with Crippen LogP contribution in [0.3, 0.4) is 0 Å². The van der Waals surface area contributed by atoms with E-state index in [4.69, 9.17) is 33.7 Å². The van der Waals surface area contributed by atoms with Crippen molar-refractivity contribution in [3.63, 3.8) is 0 Å². The lowest BCUT2D eigenvalue weighted by molar-refractivity contribution is -0.118. The third-order valence-corrected chi connectivity index (χ3v) is 4.98. The number of carbonyl (C=O) groups is 1. The minimum absolute atomic E-state index is 0.177. The average molecular weight is 374 g/mol. The van der Waals surface area contributed by atoms with Crippen LogP contribution in [0.15, 0.2) is 24.4 Å². The third kappa shape index (κ3) is 5.16. The highest BCUT2D eigenvalue weighted by atomic mass is 35.5. The largest absolute Gasteiger partial charge is 0.380 e. The highest BCUT2D eigenvalue weighted by molar-refractivity contribution is 7.15. The van der Waals surface area contributed by atoms with E-state index >= 15 is 0 Å². The molecule has 1 unspecified atom stereocenters. The Bertz CT molecular complexity index is 674. The lowest BCUT2D eigenvalue weighted by Crippen LogP contribution is -2.28. The number of carbonyl (C=O) groups excluding carboxylic acids is 1. The number of rotatable bonds is 7. The molecule has 1 amide bonds. The first-order chi connectivity index (χ1) is 11.0. The quantitative estimate of drug-likeness (QED) is 0.779. The topological polar surface area (TPSA) is 77.2 Å². The number of nitrogens with one attached hydrogen (secondary N) is 1. The van der Waals surface area contributed by atoms with Crippen LogP contribution in [0.2, 0.25) is 10.0 Å². The van der Waals surface area contributed by atoms with Crippen LogP contribution in [-0.2, 0) is 16.0 Å². The fourth-order valence-corrected chi connectivity index (χ4v) is 3.20. The summed E-state index contributed by atoms with van der Waals surface area (Å²) in [6, 6.07) is 5.51. The third-order valence-electron chi connectivity index (χ3n) is 3.21. The number of hydrogen-bond donors (Lipinski definition) is 2. The van der Waals surface area contributed by atoms with Gasteiger partial charge >= 0.3 is 0 Å². The zero-order chi connectivity index (χ0) is 16.8. The summed E-state index contributed by atoms with van der Waals surface area (Å²) < 4.78 is 5.09. The number of amides is 1. The Labute approximate surface area is 148 Å². The molecular weight excluding hydrogens is 357 g/mol. The fraction of sp³-hybridized carbons (Fsp3) is 0.333. The van der Waals surface area contributed by atoms with Crippen molar-refractivity contribution >= 4 is 45.6 Å². The molecular formula is C15H17Cl2N3O2S. The molecule has 0 aliphatic rings. The Morgan fingerprint density at radius 1 is 1.48 bits per heavy atom. The van der Waals surface area contributed by atoms with Crippen LogP contribution in [-0.4, -0.2) is 30.6 Å². The van der Waals surface area contributed by atoms with Crippen LogP contribution >= 0.6 is 34.5 Å². The Kier molecular flexibility index (Phi) is 6.80. The van der Waals surface area contributed by atoms with Gasteiger partial charge in [-0.25, -0.2) is 4.98 Å². The van der Waals surface area contributed by atoms with Crippen molar-refractivity contribution in [2.75, 3.05) is 19.0 Å². The van der Waals surface area contributed by atoms with Crippen molar-refractivity contribution in [2.45, 2.75) is 18.9 Å². The van der Waals surface area contributed by atoms with Gasteiger partial charge in [0.05, 0.1) is 22.6 Å². The molecule has 5 nitrogen and oxygen atoms in total. The van der Waals surface area contributed by atoms with Crippen molar-refractivity contribution in [3.8, 4) is 0 Å². The van der Waals surface area contributed by atoms with E-state index in [0.29, 0.717) is 28.1 Å². The van der Waals surface area contributed by atoms with Crippen molar-refractivity contribution in [2.24, 2.45) is 5.73 Å². The Hall–Kier alpha value is -1.18. The van der Waals surface area contributed by atoms with Crippen LogP contribution in [0.4, 0.5) is 5.13 Å². The van der Waals surface area contributed by atoms with E-state index in [-0.39, 0.29) is 18.4 Å². The van der Waals surface area contributed by atoms with E-state index in [1.54, 1.807) is 12.3 Å². The van der Waals surface area contributed by atoms with Crippen molar-refractivity contribution < 1.29 is 9.53 Å². The van der Waals surface area contributed by atoms with Gasteiger partial charge in [-0.1, -0.05) is 35.3 Å². The second kappa shape index (κ2) is 8.61. The summed E-state index contributed by atoms with van der Waals surface area (Å²) in [5.74, 6) is -0.177. The lowest BCUT2D eigenvalue weighted by atomic mass is 10.1. The minimum atomic E-state index is -0.292. The molecule has 0 saturated carbocycles. The molecule has 0 radical (unpaired) electrons. The highest BCUT2D eigenvalue weighted by Gasteiger charge is 2.14. The molecule has 0 aliphatic heterocycles. The molecule has 1 atom stereocenters. The number of ether oxygens (including phenoxy) is 1. The van der Waals surface area contributed by atoms with Gasteiger partial charge < -0.3 is 15.8 Å². The zero-order valence-electron chi connectivity index (χ0n) is 12.5. The summed E-state index contributed by atoms with van der Waals surface area (Å²) >= 11 is 13.6. The van der Waals surface area contributed by atoms with E-state index < -0.39 is 0 Å².